The number of aryl methyl sites for hydroxylation is 1. The highest BCUT2D eigenvalue weighted by Gasteiger charge is 2.23. The second-order valence-corrected chi connectivity index (χ2v) is 7.16. The summed E-state index contributed by atoms with van der Waals surface area (Å²) >= 11 is 5.91. The Bertz CT molecular complexity index is 695. The number of hydrogen-bond donors (Lipinski definition) is 2. The zero-order chi connectivity index (χ0) is 19.8. The number of rotatable bonds is 6. The summed E-state index contributed by atoms with van der Waals surface area (Å²) in [5, 5.41) is 5.57. The van der Waals surface area contributed by atoms with Crippen molar-refractivity contribution in [2.24, 2.45) is 5.92 Å². The van der Waals surface area contributed by atoms with Crippen LogP contribution in [0.15, 0.2) is 18.2 Å². The van der Waals surface area contributed by atoms with Crippen LogP contribution in [0, 0.1) is 12.8 Å². The molecule has 1 aliphatic carbocycles. The summed E-state index contributed by atoms with van der Waals surface area (Å²) in [5.74, 6) is -0.545. The van der Waals surface area contributed by atoms with Gasteiger partial charge in [-0.1, -0.05) is 31.4 Å². The number of halogens is 1. The summed E-state index contributed by atoms with van der Waals surface area (Å²) in [4.78, 5) is 35.3. The number of benzene rings is 1. The number of esters is 1. The van der Waals surface area contributed by atoms with Crippen LogP contribution in [0.2, 0.25) is 5.02 Å². The third kappa shape index (κ3) is 7.09. The van der Waals surface area contributed by atoms with Crippen LogP contribution in [0.1, 0.15) is 38.2 Å². The van der Waals surface area contributed by atoms with E-state index in [0.717, 1.165) is 31.2 Å². The molecule has 7 nitrogen and oxygen atoms in total. The highest BCUT2D eigenvalue weighted by Crippen LogP contribution is 2.23. The van der Waals surface area contributed by atoms with Crippen molar-refractivity contribution in [3.8, 4) is 5.75 Å². The van der Waals surface area contributed by atoms with Crippen LogP contribution in [-0.2, 0) is 14.3 Å². The zero-order valence-electron chi connectivity index (χ0n) is 15.5. The Kier molecular flexibility index (Phi) is 7.91. The number of carbonyl (C=O) groups is 3. The molecule has 0 saturated heterocycles. The van der Waals surface area contributed by atoms with Gasteiger partial charge in [0.1, 0.15) is 5.75 Å². The van der Waals surface area contributed by atoms with Gasteiger partial charge < -0.3 is 14.8 Å². The van der Waals surface area contributed by atoms with Crippen molar-refractivity contribution in [1.82, 2.24) is 10.6 Å². The molecule has 148 valence electrons. The third-order valence-corrected chi connectivity index (χ3v) is 4.96. The van der Waals surface area contributed by atoms with E-state index in [1.165, 1.54) is 0 Å². The van der Waals surface area contributed by atoms with Gasteiger partial charge in [-0.3, -0.25) is 10.1 Å². The maximum Gasteiger partial charge on any atom is 0.344 e. The first kappa shape index (κ1) is 21.0. The monoisotopic (exact) mass is 396 g/mol. The molecule has 0 aromatic heterocycles. The number of ether oxygens (including phenoxy) is 2. The van der Waals surface area contributed by atoms with Gasteiger partial charge in [-0.05, 0) is 49.4 Å². The summed E-state index contributed by atoms with van der Waals surface area (Å²) in [5.41, 5.74) is 0.820. The van der Waals surface area contributed by atoms with E-state index in [-0.39, 0.29) is 12.6 Å². The lowest BCUT2D eigenvalue weighted by Gasteiger charge is -2.29. The molecule has 1 aliphatic rings. The van der Waals surface area contributed by atoms with Crippen molar-refractivity contribution in [2.75, 3.05) is 13.2 Å². The largest absolute Gasteiger partial charge is 0.482 e. The van der Waals surface area contributed by atoms with Gasteiger partial charge in [-0.15, -0.1) is 0 Å². The lowest BCUT2D eigenvalue weighted by Crippen LogP contribution is -2.48. The van der Waals surface area contributed by atoms with Crippen LogP contribution in [0.5, 0.6) is 5.75 Å². The fraction of sp³-hybridized carbons (Fsp3) is 0.526. The van der Waals surface area contributed by atoms with Crippen molar-refractivity contribution in [1.29, 1.82) is 0 Å². The van der Waals surface area contributed by atoms with Crippen molar-refractivity contribution >= 4 is 29.5 Å². The Morgan fingerprint density at radius 2 is 1.93 bits per heavy atom. The van der Waals surface area contributed by atoms with Gasteiger partial charge in [0.15, 0.2) is 13.2 Å². The predicted molar refractivity (Wildman–Crippen MR) is 101 cm³/mol. The molecule has 1 aromatic carbocycles. The van der Waals surface area contributed by atoms with E-state index in [1.54, 1.807) is 18.2 Å². The number of imide groups is 1. The zero-order valence-corrected chi connectivity index (χ0v) is 16.3. The van der Waals surface area contributed by atoms with Gasteiger partial charge in [-0.25, -0.2) is 9.59 Å². The predicted octanol–water partition coefficient (Wildman–Crippen LogP) is 2.97. The van der Waals surface area contributed by atoms with E-state index in [1.807, 2.05) is 6.92 Å². The molecule has 0 radical (unpaired) electrons. The standard InChI is InChI=1S/C19H25ClN2O5/c1-12-5-3-4-6-16(12)21-19(25)22-17(23)10-27-18(24)11-26-14-7-8-15(20)13(2)9-14/h7-9,12,16H,3-6,10-11H2,1-2H3,(H2,21,22,23,25)/t12-,16-/m0/s1. The van der Waals surface area contributed by atoms with Crippen molar-refractivity contribution < 1.29 is 23.9 Å². The number of amides is 3. The smallest absolute Gasteiger partial charge is 0.344 e. The second-order valence-electron chi connectivity index (χ2n) is 6.75. The summed E-state index contributed by atoms with van der Waals surface area (Å²) in [6.45, 7) is 3.00. The average molecular weight is 397 g/mol. The van der Waals surface area contributed by atoms with Crippen molar-refractivity contribution in [3.63, 3.8) is 0 Å². The normalized spacial score (nSPS) is 19.1. The Hall–Kier alpha value is -2.28. The Balaban J connectivity index is 1.65. The molecule has 8 heteroatoms. The van der Waals surface area contributed by atoms with Gasteiger partial charge >= 0.3 is 12.0 Å². The molecule has 2 atom stereocenters. The summed E-state index contributed by atoms with van der Waals surface area (Å²) in [6, 6.07) is 4.48. The molecule has 0 unspecified atom stereocenters. The lowest BCUT2D eigenvalue weighted by molar-refractivity contribution is -0.150. The Labute approximate surface area is 163 Å². The molecule has 3 amide bonds. The minimum Gasteiger partial charge on any atom is -0.482 e. The molecular weight excluding hydrogens is 372 g/mol. The Morgan fingerprint density at radius 3 is 2.63 bits per heavy atom. The highest BCUT2D eigenvalue weighted by molar-refractivity contribution is 6.31. The molecule has 0 aliphatic heterocycles. The van der Waals surface area contributed by atoms with E-state index in [9.17, 15) is 14.4 Å². The number of carbonyl (C=O) groups excluding carboxylic acids is 3. The molecule has 1 aromatic rings. The number of urea groups is 1. The van der Waals surface area contributed by atoms with Crippen LogP contribution in [-0.4, -0.2) is 37.2 Å². The molecule has 1 saturated carbocycles. The number of nitrogens with one attached hydrogen (secondary N) is 2. The van der Waals surface area contributed by atoms with Crippen LogP contribution in [0.4, 0.5) is 4.79 Å². The molecule has 0 spiro atoms. The molecule has 27 heavy (non-hydrogen) atoms. The first-order chi connectivity index (χ1) is 12.8. The fourth-order valence-electron chi connectivity index (χ4n) is 2.93. The maximum atomic E-state index is 11.9. The molecule has 1 fully saturated rings. The average Bonchev–Trinajstić information content (AvgIpc) is 2.63. The van der Waals surface area contributed by atoms with Crippen LogP contribution in [0.3, 0.4) is 0 Å². The minimum absolute atomic E-state index is 0.0605. The van der Waals surface area contributed by atoms with Gasteiger partial charge in [0.25, 0.3) is 5.91 Å². The van der Waals surface area contributed by atoms with E-state index in [4.69, 9.17) is 21.1 Å². The minimum atomic E-state index is -0.709. The SMILES string of the molecule is Cc1cc(OCC(=O)OCC(=O)NC(=O)N[C@H]2CCCC[C@@H]2C)ccc1Cl. The van der Waals surface area contributed by atoms with Crippen LogP contribution < -0.4 is 15.4 Å². The van der Waals surface area contributed by atoms with Crippen LogP contribution >= 0.6 is 11.6 Å². The molecule has 2 N–H and O–H groups in total. The number of hydrogen-bond acceptors (Lipinski definition) is 5. The van der Waals surface area contributed by atoms with Crippen molar-refractivity contribution in [3.05, 3.63) is 28.8 Å². The van der Waals surface area contributed by atoms with E-state index < -0.39 is 24.5 Å². The van der Waals surface area contributed by atoms with Gasteiger partial charge in [-0.2, -0.15) is 0 Å². The second kappa shape index (κ2) is 10.2. The van der Waals surface area contributed by atoms with Crippen molar-refractivity contribution in [2.45, 2.75) is 45.6 Å². The van der Waals surface area contributed by atoms with Crippen LogP contribution in [0.25, 0.3) is 0 Å². The molecule has 2 rings (SSSR count). The van der Waals surface area contributed by atoms with E-state index >= 15 is 0 Å². The molecular formula is C19H25ClN2O5. The summed E-state index contributed by atoms with van der Waals surface area (Å²) < 4.78 is 10.1. The molecule has 0 bridgehead atoms. The summed E-state index contributed by atoms with van der Waals surface area (Å²) in [7, 11) is 0. The Morgan fingerprint density at radius 1 is 1.19 bits per heavy atom. The lowest BCUT2D eigenvalue weighted by atomic mass is 9.86. The van der Waals surface area contributed by atoms with E-state index in [2.05, 4.69) is 17.6 Å². The van der Waals surface area contributed by atoms with Gasteiger partial charge in [0.05, 0.1) is 0 Å². The summed E-state index contributed by atoms with van der Waals surface area (Å²) in [6.07, 6.45) is 4.18. The quantitative estimate of drug-likeness (QED) is 0.721. The van der Waals surface area contributed by atoms with Gasteiger partial charge in [0.2, 0.25) is 0 Å². The molecule has 0 heterocycles. The fourth-order valence-corrected chi connectivity index (χ4v) is 3.05. The first-order valence-electron chi connectivity index (χ1n) is 9.00. The first-order valence-corrected chi connectivity index (χ1v) is 9.38. The van der Waals surface area contributed by atoms with E-state index in [0.29, 0.717) is 16.7 Å². The topological polar surface area (TPSA) is 93.7 Å². The highest BCUT2D eigenvalue weighted by atomic mass is 35.5. The third-order valence-electron chi connectivity index (χ3n) is 4.53. The maximum absolute atomic E-state index is 11.9. The van der Waals surface area contributed by atoms with Gasteiger partial charge in [0, 0.05) is 11.1 Å².